The van der Waals surface area contributed by atoms with Gasteiger partial charge in [0.15, 0.2) is 11.5 Å². The molecular weight excluding hydrogens is 454 g/mol. The molecule has 1 heterocycles. The third kappa shape index (κ3) is 4.90. The van der Waals surface area contributed by atoms with Crippen LogP contribution >= 0.6 is 0 Å². The second-order valence-electron chi connectivity index (χ2n) is 7.98. The number of ether oxygens (including phenoxy) is 5. The Hall–Kier alpha value is -3.72. The zero-order chi connectivity index (χ0) is 25.7. The summed E-state index contributed by atoms with van der Waals surface area (Å²) in [5, 5.41) is 11.4. The number of hydrogen-bond donors (Lipinski definition) is 1. The molecule has 1 atom stereocenters. The van der Waals surface area contributed by atoms with E-state index in [-0.39, 0.29) is 17.9 Å². The third-order valence-corrected chi connectivity index (χ3v) is 5.98. The number of carbonyl (C=O) groups excluding carboxylic acids is 2. The summed E-state index contributed by atoms with van der Waals surface area (Å²) in [7, 11) is 7.57. The molecule has 9 heteroatoms. The molecule has 1 N–H and O–H groups in total. The van der Waals surface area contributed by atoms with Crippen molar-refractivity contribution < 1.29 is 38.4 Å². The highest BCUT2D eigenvalue weighted by molar-refractivity contribution is 6.46. The molecule has 3 rings (SSSR count). The van der Waals surface area contributed by atoms with E-state index < -0.39 is 17.7 Å². The van der Waals surface area contributed by atoms with E-state index in [1.54, 1.807) is 51.5 Å². The van der Waals surface area contributed by atoms with Crippen molar-refractivity contribution in [2.45, 2.75) is 19.4 Å². The van der Waals surface area contributed by atoms with Gasteiger partial charge in [0.2, 0.25) is 5.75 Å². The number of likely N-dealkylation sites (tertiary alicyclic amines) is 1. The molecule has 0 aromatic heterocycles. The molecule has 2 aromatic rings. The van der Waals surface area contributed by atoms with Gasteiger partial charge in [0.1, 0.15) is 11.5 Å². The SMILES string of the molecule is COCCCN1C(=O)C(=O)/C(=C(/O)c2ccc(OC)cc2C)C1c1cc(OC)c(OC)c(OC)c1. The van der Waals surface area contributed by atoms with Crippen LogP contribution in [0.25, 0.3) is 5.76 Å². The van der Waals surface area contributed by atoms with Gasteiger partial charge in [0.25, 0.3) is 11.7 Å². The lowest BCUT2D eigenvalue weighted by Gasteiger charge is -2.26. The van der Waals surface area contributed by atoms with Crippen molar-refractivity contribution in [1.82, 2.24) is 4.90 Å². The van der Waals surface area contributed by atoms with Crippen LogP contribution in [0.3, 0.4) is 0 Å². The minimum atomic E-state index is -0.873. The fourth-order valence-corrected chi connectivity index (χ4v) is 4.27. The maximum Gasteiger partial charge on any atom is 0.295 e. The third-order valence-electron chi connectivity index (χ3n) is 5.98. The minimum absolute atomic E-state index is 0.0186. The van der Waals surface area contributed by atoms with Crippen LogP contribution in [0.4, 0.5) is 0 Å². The summed E-state index contributed by atoms with van der Waals surface area (Å²) in [4.78, 5) is 27.8. The van der Waals surface area contributed by atoms with Gasteiger partial charge in [-0.05, 0) is 54.8 Å². The molecule has 1 aliphatic rings. The lowest BCUT2D eigenvalue weighted by molar-refractivity contribution is -0.140. The Balaban J connectivity index is 2.25. The van der Waals surface area contributed by atoms with E-state index in [2.05, 4.69) is 0 Å². The predicted octanol–water partition coefficient (Wildman–Crippen LogP) is 3.49. The summed E-state index contributed by atoms with van der Waals surface area (Å²) in [5.41, 5.74) is 1.63. The molecule has 1 aliphatic heterocycles. The fourth-order valence-electron chi connectivity index (χ4n) is 4.27. The van der Waals surface area contributed by atoms with Crippen molar-refractivity contribution in [3.63, 3.8) is 0 Å². The van der Waals surface area contributed by atoms with Crippen LogP contribution < -0.4 is 18.9 Å². The van der Waals surface area contributed by atoms with E-state index in [1.165, 1.54) is 26.2 Å². The summed E-state index contributed by atoms with van der Waals surface area (Å²) >= 11 is 0. The van der Waals surface area contributed by atoms with Crippen LogP contribution in [-0.2, 0) is 14.3 Å². The highest BCUT2D eigenvalue weighted by atomic mass is 16.5. The van der Waals surface area contributed by atoms with Gasteiger partial charge in [0, 0.05) is 25.8 Å². The van der Waals surface area contributed by atoms with Gasteiger partial charge in [0.05, 0.1) is 40.1 Å². The Morgan fingerprint density at radius 2 is 1.60 bits per heavy atom. The summed E-state index contributed by atoms with van der Waals surface area (Å²) < 4.78 is 26.8. The van der Waals surface area contributed by atoms with Crippen molar-refractivity contribution in [1.29, 1.82) is 0 Å². The predicted molar refractivity (Wildman–Crippen MR) is 129 cm³/mol. The van der Waals surface area contributed by atoms with Crippen LogP contribution in [0.1, 0.15) is 29.2 Å². The van der Waals surface area contributed by atoms with E-state index in [0.717, 1.165) is 0 Å². The minimum Gasteiger partial charge on any atom is -0.507 e. The van der Waals surface area contributed by atoms with E-state index in [0.29, 0.717) is 52.7 Å². The summed E-state index contributed by atoms with van der Waals surface area (Å²) in [6.45, 7) is 2.45. The van der Waals surface area contributed by atoms with Gasteiger partial charge < -0.3 is 33.7 Å². The number of amides is 1. The number of rotatable bonds is 10. The molecule has 1 fully saturated rings. The van der Waals surface area contributed by atoms with Gasteiger partial charge in [-0.25, -0.2) is 0 Å². The number of aryl methyl sites for hydroxylation is 1. The molecule has 0 bridgehead atoms. The smallest absolute Gasteiger partial charge is 0.295 e. The van der Waals surface area contributed by atoms with E-state index in [9.17, 15) is 14.7 Å². The van der Waals surface area contributed by atoms with Gasteiger partial charge in [-0.2, -0.15) is 0 Å². The largest absolute Gasteiger partial charge is 0.507 e. The Bertz CT molecular complexity index is 1120. The van der Waals surface area contributed by atoms with E-state index >= 15 is 0 Å². The van der Waals surface area contributed by atoms with Crippen LogP contribution in [0, 0.1) is 6.92 Å². The van der Waals surface area contributed by atoms with Gasteiger partial charge in [-0.15, -0.1) is 0 Å². The van der Waals surface area contributed by atoms with E-state index in [4.69, 9.17) is 23.7 Å². The van der Waals surface area contributed by atoms with Crippen molar-refractivity contribution in [2.75, 3.05) is 48.7 Å². The number of ketones is 1. The zero-order valence-corrected chi connectivity index (χ0v) is 20.8. The number of nitrogens with zero attached hydrogens (tertiary/aromatic N) is 1. The summed E-state index contributed by atoms with van der Waals surface area (Å²) in [6, 6.07) is 7.57. The second-order valence-corrected chi connectivity index (χ2v) is 7.98. The standard InChI is InChI=1S/C26H31NO8/c1-15-12-17(32-3)8-9-18(15)23(28)21-22(27(10-7-11-31-2)26(30)24(21)29)16-13-19(33-4)25(35-6)20(14-16)34-5/h8-9,12-14,22,28H,7,10-11H2,1-6H3/b23-21+. The highest BCUT2D eigenvalue weighted by Crippen LogP contribution is 2.46. The van der Waals surface area contributed by atoms with Crippen LogP contribution in [0.2, 0.25) is 0 Å². The Morgan fingerprint density at radius 3 is 2.11 bits per heavy atom. The van der Waals surface area contributed by atoms with Crippen molar-refractivity contribution in [3.05, 3.63) is 52.6 Å². The van der Waals surface area contributed by atoms with E-state index in [1.807, 2.05) is 0 Å². The molecule has 188 valence electrons. The Labute approximate surface area is 204 Å². The lowest BCUT2D eigenvalue weighted by atomic mass is 9.93. The Morgan fingerprint density at radius 1 is 0.943 bits per heavy atom. The molecule has 0 saturated carbocycles. The quantitative estimate of drug-likeness (QED) is 0.236. The average Bonchev–Trinajstić information content (AvgIpc) is 3.12. The number of aliphatic hydroxyl groups is 1. The number of aliphatic hydroxyl groups excluding tert-OH is 1. The number of methoxy groups -OCH3 is 5. The normalized spacial score (nSPS) is 17.0. The summed E-state index contributed by atoms with van der Waals surface area (Å²) in [6.07, 6.45) is 0.506. The molecule has 9 nitrogen and oxygen atoms in total. The molecule has 0 radical (unpaired) electrons. The zero-order valence-electron chi connectivity index (χ0n) is 20.8. The molecular formula is C26H31NO8. The molecule has 1 unspecified atom stereocenters. The monoisotopic (exact) mass is 485 g/mol. The number of Topliss-reactive ketones (excluding diaryl/α,β-unsaturated/α-hetero) is 1. The second kappa shape index (κ2) is 11.1. The van der Waals surface area contributed by atoms with Gasteiger partial charge in [-0.3, -0.25) is 9.59 Å². The van der Waals surface area contributed by atoms with Crippen LogP contribution in [-0.4, -0.2) is 70.4 Å². The molecule has 35 heavy (non-hydrogen) atoms. The lowest BCUT2D eigenvalue weighted by Crippen LogP contribution is -2.31. The first-order chi connectivity index (χ1) is 16.8. The van der Waals surface area contributed by atoms with Crippen molar-refractivity contribution in [3.8, 4) is 23.0 Å². The van der Waals surface area contributed by atoms with Gasteiger partial charge >= 0.3 is 0 Å². The molecule has 2 aromatic carbocycles. The topological polar surface area (TPSA) is 104 Å². The van der Waals surface area contributed by atoms with Crippen LogP contribution in [0.15, 0.2) is 35.9 Å². The van der Waals surface area contributed by atoms with Crippen LogP contribution in [0.5, 0.6) is 23.0 Å². The van der Waals surface area contributed by atoms with Crippen molar-refractivity contribution in [2.24, 2.45) is 0 Å². The average molecular weight is 486 g/mol. The van der Waals surface area contributed by atoms with Crippen molar-refractivity contribution >= 4 is 17.4 Å². The molecule has 0 aliphatic carbocycles. The number of hydrogen-bond acceptors (Lipinski definition) is 8. The number of benzene rings is 2. The summed E-state index contributed by atoms with van der Waals surface area (Å²) in [5.74, 6) is -0.0193. The highest BCUT2D eigenvalue weighted by Gasteiger charge is 2.46. The Kier molecular flexibility index (Phi) is 8.24. The molecule has 0 spiro atoms. The first-order valence-electron chi connectivity index (χ1n) is 11.0. The molecule has 1 amide bonds. The first-order valence-corrected chi connectivity index (χ1v) is 11.0. The number of carbonyl (C=O) groups is 2. The van der Waals surface area contributed by atoms with Gasteiger partial charge in [-0.1, -0.05) is 0 Å². The maximum atomic E-state index is 13.3. The fraction of sp³-hybridized carbons (Fsp3) is 0.385. The molecule has 1 saturated heterocycles. The maximum absolute atomic E-state index is 13.3. The first kappa shape index (κ1) is 25.9.